The van der Waals surface area contributed by atoms with Gasteiger partial charge in [-0.2, -0.15) is 5.10 Å². The van der Waals surface area contributed by atoms with Gasteiger partial charge in [0.15, 0.2) is 11.6 Å². The highest BCUT2D eigenvalue weighted by Gasteiger charge is 2.01. The van der Waals surface area contributed by atoms with Crippen molar-refractivity contribution in [3.63, 3.8) is 0 Å². The van der Waals surface area contributed by atoms with Crippen LogP contribution in [0.25, 0.3) is 6.08 Å². The second kappa shape index (κ2) is 5.60. The van der Waals surface area contributed by atoms with Crippen molar-refractivity contribution < 1.29 is 0 Å². The van der Waals surface area contributed by atoms with Crippen LogP contribution in [0.15, 0.2) is 40.5 Å². The molecule has 0 aliphatic heterocycles. The number of aryl methyl sites for hydroxylation is 2. The van der Waals surface area contributed by atoms with Gasteiger partial charge in [0.25, 0.3) is 0 Å². The van der Waals surface area contributed by atoms with E-state index in [0.717, 1.165) is 17.2 Å². The zero-order valence-electron chi connectivity index (χ0n) is 10.2. The Kier molecular flexibility index (Phi) is 3.89. The van der Waals surface area contributed by atoms with Crippen molar-refractivity contribution in [3.8, 4) is 0 Å². The van der Waals surface area contributed by atoms with Crippen molar-refractivity contribution in [2.75, 3.05) is 0 Å². The Balaban J connectivity index is 2.17. The quantitative estimate of drug-likeness (QED) is 0.796. The van der Waals surface area contributed by atoms with Gasteiger partial charge < -0.3 is 0 Å². The van der Waals surface area contributed by atoms with E-state index in [0.29, 0.717) is 5.03 Å². The Bertz CT molecular complexity index is 565. The van der Waals surface area contributed by atoms with Crippen LogP contribution in [0.5, 0.6) is 0 Å². The van der Waals surface area contributed by atoms with E-state index in [4.69, 9.17) is 11.6 Å². The molecule has 2 aromatic rings. The van der Waals surface area contributed by atoms with E-state index < -0.39 is 0 Å². The maximum Gasteiger partial charge on any atom is 0.151 e. The largest absolute Gasteiger partial charge is 0.202 e. The molecule has 0 atom stereocenters. The minimum atomic E-state index is 0.550. The molecule has 0 fully saturated rings. The van der Waals surface area contributed by atoms with Crippen molar-refractivity contribution in [2.24, 2.45) is 5.10 Å². The average Bonchev–Trinajstić information content (AvgIpc) is 2.68. The number of hydrogen-bond acceptors (Lipinski definition) is 3. The van der Waals surface area contributed by atoms with Crippen LogP contribution in [-0.2, 0) is 0 Å². The Morgan fingerprint density at radius 3 is 2.39 bits per heavy atom. The lowest BCUT2D eigenvalue weighted by atomic mass is 10.2. The molecule has 0 unspecified atom stereocenters. The van der Waals surface area contributed by atoms with Crippen molar-refractivity contribution in [1.29, 1.82) is 0 Å². The molecule has 0 spiro atoms. The second-order valence-corrected chi connectivity index (χ2v) is 4.23. The van der Waals surface area contributed by atoms with Gasteiger partial charge in [0.05, 0.1) is 11.2 Å². The maximum absolute atomic E-state index is 6.09. The number of rotatable bonds is 3. The minimum Gasteiger partial charge on any atom is -0.202 e. The first kappa shape index (κ1) is 12.5. The highest BCUT2D eigenvalue weighted by atomic mass is 35.5. The Morgan fingerprint density at radius 2 is 1.78 bits per heavy atom. The number of aromatic nitrogens is 3. The molecule has 1 aromatic carbocycles. The normalized spacial score (nSPS) is 12.3. The Labute approximate surface area is 111 Å². The Hall–Kier alpha value is -1.94. The minimum absolute atomic E-state index is 0.550. The first-order valence-electron chi connectivity index (χ1n) is 5.52. The molecule has 0 bridgehead atoms. The van der Waals surface area contributed by atoms with E-state index in [1.165, 1.54) is 0 Å². The van der Waals surface area contributed by atoms with Gasteiger partial charge in [0.1, 0.15) is 0 Å². The first-order valence-corrected chi connectivity index (χ1v) is 5.90. The predicted molar refractivity (Wildman–Crippen MR) is 73.7 cm³/mol. The third-order valence-corrected chi connectivity index (χ3v) is 2.56. The van der Waals surface area contributed by atoms with Crippen LogP contribution in [-0.4, -0.2) is 21.1 Å². The van der Waals surface area contributed by atoms with Crippen molar-refractivity contribution >= 4 is 23.9 Å². The van der Waals surface area contributed by atoms with E-state index in [9.17, 15) is 0 Å². The van der Waals surface area contributed by atoms with E-state index in [2.05, 4.69) is 15.3 Å². The third kappa shape index (κ3) is 3.05. The van der Waals surface area contributed by atoms with Crippen LogP contribution in [0.1, 0.15) is 17.2 Å². The summed E-state index contributed by atoms with van der Waals surface area (Å²) in [6, 6.07) is 9.84. The molecule has 0 aliphatic rings. The molecule has 0 aliphatic carbocycles. The molecule has 5 heteroatoms. The van der Waals surface area contributed by atoms with Crippen LogP contribution in [0, 0.1) is 13.8 Å². The summed E-state index contributed by atoms with van der Waals surface area (Å²) in [6.45, 7) is 3.68. The predicted octanol–water partition coefficient (Wildman–Crippen LogP) is 3.01. The third-order valence-electron chi connectivity index (χ3n) is 2.35. The molecule has 0 saturated heterocycles. The van der Waals surface area contributed by atoms with Gasteiger partial charge >= 0.3 is 0 Å². The van der Waals surface area contributed by atoms with Gasteiger partial charge in [-0.3, -0.25) is 0 Å². The summed E-state index contributed by atoms with van der Waals surface area (Å²) in [5, 5.41) is 12.6. The number of hydrogen-bond donors (Lipinski definition) is 0. The van der Waals surface area contributed by atoms with E-state index in [1.54, 1.807) is 10.9 Å². The highest BCUT2D eigenvalue weighted by Crippen LogP contribution is 2.08. The van der Waals surface area contributed by atoms with Gasteiger partial charge in [-0.1, -0.05) is 41.9 Å². The smallest absolute Gasteiger partial charge is 0.151 e. The highest BCUT2D eigenvalue weighted by molar-refractivity contribution is 6.41. The molecule has 4 nitrogen and oxygen atoms in total. The SMILES string of the molecule is Cc1nnc(C)n1N=C/C(Cl)=C/c1ccccc1. The standard InChI is InChI=1S/C13H13ClN4/c1-10-16-17-11(2)18(10)15-9-13(14)8-12-6-4-3-5-7-12/h3-9H,1-2H3/b13-8-,15-9?. The summed E-state index contributed by atoms with van der Waals surface area (Å²) in [5.74, 6) is 1.46. The van der Waals surface area contributed by atoms with E-state index >= 15 is 0 Å². The number of allylic oxidation sites excluding steroid dienone is 1. The first-order chi connectivity index (χ1) is 8.66. The topological polar surface area (TPSA) is 43.1 Å². The summed E-state index contributed by atoms with van der Waals surface area (Å²) in [5.41, 5.74) is 1.03. The zero-order valence-corrected chi connectivity index (χ0v) is 11.0. The fraction of sp³-hybridized carbons (Fsp3) is 0.154. The molecule has 2 rings (SSSR count). The fourth-order valence-electron chi connectivity index (χ4n) is 1.49. The van der Waals surface area contributed by atoms with Crippen molar-refractivity contribution in [1.82, 2.24) is 14.9 Å². The van der Waals surface area contributed by atoms with E-state index in [-0.39, 0.29) is 0 Å². The molecule has 0 amide bonds. The Morgan fingerprint density at radius 1 is 1.17 bits per heavy atom. The molecule has 0 radical (unpaired) electrons. The maximum atomic E-state index is 6.09. The molecular formula is C13H13ClN4. The van der Waals surface area contributed by atoms with E-state index in [1.807, 2.05) is 50.3 Å². The molecule has 0 N–H and O–H groups in total. The lowest BCUT2D eigenvalue weighted by Crippen LogP contribution is -1.95. The van der Waals surface area contributed by atoms with Gasteiger partial charge in [-0.15, -0.1) is 10.2 Å². The second-order valence-electron chi connectivity index (χ2n) is 3.79. The van der Waals surface area contributed by atoms with Crippen molar-refractivity contribution in [3.05, 3.63) is 52.6 Å². The number of nitrogens with zero attached hydrogens (tertiary/aromatic N) is 4. The summed E-state index contributed by atoms with van der Waals surface area (Å²) in [7, 11) is 0. The molecule has 0 saturated carbocycles. The van der Waals surface area contributed by atoms with Crippen LogP contribution < -0.4 is 0 Å². The average molecular weight is 261 g/mol. The summed E-state index contributed by atoms with van der Waals surface area (Å²) in [4.78, 5) is 0. The molecule has 1 heterocycles. The lowest BCUT2D eigenvalue weighted by molar-refractivity contribution is 0.799. The zero-order chi connectivity index (χ0) is 13.0. The number of halogens is 1. The van der Waals surface area contributed by atoms with Gasteiger partial charge in [-0.05, 0) is 25.5 Å². The molecular weight excluding hydrogens is 248 g/mol. The van der Waals surface area contributed by atoms with Gasteiger partial charge in [0, 0.05) is 0 Å². The lowest BCUT2D eigenvalue weighted by Gasteiger charge is -1.97. The fourth-order valence-corrected chi connectivity index (χ4v) is 1.66. The van der Waals surface area contributed by atoms with Crippen LogP contribution in [0.3, 0.4) is 0 Å². The molecule has 18 heavy (non-hydrogen) atoms. The number of benzene rings is 1. The summed E-state index contributed by atoms with van der Waals surface area (Å²) in [6.07, 6.45) is 3.43. The van der Waals surface area contributed by atoms with Crippen LogP contribution in [0.2, 0.25) is 0 Å². The van der Waals surface area contributed by atoms with Crippen LogP contribution in [0.4, 0.5) is 0 Å². The van der Waals surface area contributed by atoms with Crippen LogP contribution >= 0.6 is 11.6 Å². The molecule has 92 valence electrons. The monoisotopic (exact) mass is 260 g/mol. The van der Waals surface area contributed by atoms with Crippen molar-refractivity contribution in [2.45, 2.75) is 13.8 Å². The summed E-state index contributed by atoms with van der Waals surface area (Å²) >= 11 is 6.09. The van der Waals surface area contributed by atoms with Gasteiger partial charge in [-0.25, -0.2) is 4.68 Å². The summed E-state index contributed by atoms with van der Waals surface area (Å²) < 4.78 is 1.64. The molecule has 1 aromatic heterocycles. The van der Waals surface area contributed by atoms with Gasteiger partial charge in [0.2, 0.25) is 0 Å².